The lowest BCUT2D eigenvalue weighted by molar-refractivity contribution is -0.143. The molecule has 208 valence electrons. The van der Waals surface area contributed by atoms with E-state index in [0.29, 0.717) is 31.8 Å². The molecule has 5 rings (SSSR count). The fourth-order valence-corrected chi connectivity index (χ4v) is 5.31. The summed E-state index contributed by atoms with van der Waals surface area (Å²) in [5.74, 6) is 0.725. The average molecular weight is 541 g/mol. The van der Waals surface area contributed by atoms with E-state index in [-0.39, 0.29) is 17.8 Å². The third-order valence-electron chi connectivity index (χ3n) is 7.28. The molecule has 0 bridgehead atoms. The summed E-state index contributed by atoms with van der Waals surface area (Å²) in [4.78, 5) is 16.7. The van der Waals surface area contributed by atoms with Crippen molar-refractivity contribution >= 4 is 5.97 Å². The van der Waals surface area contributed by atoms with Gasteiger partial charge < -0.3 is 9.84 Å². The number of phenols is 1. The van der Waals surface area contributed by atoms with Gasteiger partial charge in [-0.1, -0.05) is 66.7 Å². The number of esters is 1. The number of nitrogens with zero attached hydrogens (tertiary/aromatic N) is 6. The van der Waals surface area contributed by atoms with Gasteiger partial charge in [0.1, 0.15) is 5.75 Å². The molecule has 3 aromatic carbocycles. The van der Waals surface area contributed by atoms with Crippen LogP contribution in [0.2, 0.25) is 0 Å². The Balaban J connectivity index is 1.30. The molecule has 1 fully saturated rings. The van der Waals surface area contributed by atoms with E-state index in [0.717, 1.165) is 49.4 Å². The summed E-state index contributed by atoms with van der Waals surface area (Å²) in [6.07, 6.45) is 0.932. The number of aryl methyl sites for hydroxylation is 1. The molecular weight excluding hydrogens is 504 g/mol. The highest BCUT2D eigenvalue weighted by Gasteiger charge is 2.27. The molecule has 4 aromatic rings. The SMILES string of the molecule is CCOC(=O)CCCn1nnnc1-c1ccc([C@H](c2cccc(O)c2)N2CCN(Cc3ccccc3)CC2)cc1. The van der Waals surface area contributed by atoms with Crippen molar-refractivity contribution in [2.75, 3.05) is 32.8 Å². The number of rotatable bonds is 11. The van der Waals surface area contributed by atoms with E-state index < -0.39 is 0 Å². The molecular formula is C31H36N6O3. The first kappa shape index (κ1) is 27.5. The lowest BCUT2D eigenvalue weighted by atomic mass is 9.95. The number of tetrazole rings is 1. The highest BCUT2D eigenvalue weighted by molar-refractivity contribution is 5.69. The number of ether oxygens (including phenoxy) is 1. The van der Waals surface area contributed by atoms with Crippen LogP contribution in [0.1, 0.15) is 42.5 Å². The number of benzene rings is 3. The van der Waals surface area contributed by atoms with Gasteiger partial charge in [-0.05, 0) is 52.6 Å². The number of carbonyl (C=O) groups excluding carboxylic acids is 1. The predicted octanol–water partition coefficient (Wildman–Crippen LogP) is 4.30. The fourth-order valence-electron chi connectivity index (χ4n) is 5.31. The van der Waals surface area contributed by atoms with Gasteiger partial charge in [-0.25, -0.2) is 4.68 Å². The topological polar surface area (TPSA) is 96.6 Å². The Hall–Kier alpha value is -4.08. The molecule has 0 radical (unpaired) electrons. The minimum Gasteiger partial charge on any atom is -0.508 e. The van der Waals surface area contributed by atoms with Gasteiger partial charge >= 0.3 is 5.97 Å². The zero-order chi connectivity index (χ0) is 27.7. The first-order chi connectivity index (χ1) is 19.6. The summed E-state index contributed by atoms with van der Waals surface area (Å²) >= 11 is 0. The monoisotopic (exact) mass is 540 g/mol. The molecule has 0 saturated carbocycles. The number of phenolic OH excluding ortho intramolecular Hbond substituents is 1. The second-order valence-corrected chi connectivity index (χ2v) is 10.1. The van der Waals surface area contributed by atoms with Crippen molar-refractivity contribution in [1.82, 2.24) is 30.0 Å². The molecule has 9 heteroatoms. The predicted molar refractivity (Wildman–Crippen MR) is 152 cm³/mol. The van der Waals surface area contributed by atoms with Gasteiger partial charge in [0.25, 0.3) is 0 Å². The molecule has 9 nitrogen and oxygen atoms in total. The van der Waals surface area contributed by atoms with Gasteiger partial charge in [0.15, 0.2) is 5.82 Å². The summed E-state index contributed by atoms with van der Waals surface area (Å²) in [6, 6.07) is 26.5. The largest absolute Gasteiger partial charge is 0.508 e. The number of piperazine rings is 1. The molecule has 0 aliphatic carbocycles. The maximum atomic E-state index is 11.7. The molecule has 40 heavy (non-hydrogen) atoms. The first-order valence-corrected chi connectivity index (χ1v) is 13.9. The molecule has 1 aliphatic rings. The van der Waals surface area contributed by atoms with Crippen molar-refractivity contribution in [2.24, 2.45) is 0 Å². The van der Waals surface area contributed by atoms with E-state index in [1.54, 1.807) is 17.7 Å². The van der Waals surface area contributed by atoms with E-state index >= 15 is 0 Å². The second-order valence-electron chi connectivity index (χ2n) is 10.1. The first-order valence-electron chi connectivity index (χ1n) is 13.9. The van der Waals surface area contributed by atoms with Crippen molar-refractivity contribution < 1.29 is 14.6 Å². The minimum atomic E-state index is -0.208. The van der Waals surface area contributed by atoms with Crippen LogP contribution in [-0.4, -0.2) is 73.9 Å². The van der Waals surface area contributed by atoms with Crippen molar-refractivity contribution in [3.8, 4) is 17.1 Å². The summed E-state index contributed by atoms with van der Waals surface area (Å²) in [7, 11) is 0. The Morgan fingerprint density at radius 3 is 2.45 bits per heavy atom. The van der Waals surface area contributed by atoms with Crippen LogP contribution in [0.4, 0.5) is 0 Å². The highest BCUT2D eigenvalue weighted by Crippen LogP contribution is 2.32. The zero-order valence-corrected chi connectivity index (χ0v) is 22.9. The molecule has 0 spiro atoms. The maximum absolute atomic E-state index is 11.7. The molecule has 2 heterocycles. The van der Waals surface area contributed by atoms with Crippen LogP contribution >= 0.6 is 0 Å². The number of aromatic nitrogens is 4. The van der Waals surface area contributed by atoms with Gasteiger partial charge in [-0.15, -0.1) is 5.10 Å². The Kier molecular flexibility index (Phi) is 9.15. The molecule has 0 amide bonds. The van der Waals surface area contributed by atoms with Crippen molar-refractivity contribution in [3.05, 3.63) is 95.6 Å². The quantitative estimate of drug-likeness (QED) is 0.282. The average Bonchev–Trinajstić information content (AvgIpc) is 3.44. The van der Waals surface area contributed by atoms with Crippen LogP contribution in [0.3, 0.4) is 0 Å². The third-order valence-corrected chi connectivity index (χ3v) is 7.28. The Labute approximate surface area is 235 Å². The minimum absolute atomic E-state index is 0.0144. The van der Waals surface area contributed by atoms with Crippen molar-refractivity contribution in [1.29, 1.82) is 0 Å². The molecule has 1 saturated heterocycles. The van der Waals surface area contributed by atoms with E-state index in [2.05, 4.69) is 73.9 Å². The fraction of sp³-hybridized carbons (Fsp3) is 0.355. The summed E-state index contributed by atoms with van der Waals surface area (Å²) in [6.45, 7) is 7.47. The normalized spacial score (nSPS) is 15.1. The van der Waals surface area contributed by atoms with Crippen LogP contribution in [0.25, 0.3) is 11.4 Å². The number of hydrogen-bond acceptors (Lipinski definition) is 8. The lowest BCUT2D eigenvalue weighted by Crippen LogP contribution is -2.47. The molecule has 1 N–H and O–H groups in total. The Morgan fingerprint density at radius 1 is 0.950 bits per heavy atom. The van der Waals surface area contributed by atoms with Crippen LogP contribution in [0.5, 0.6) is 5.75 Å². The standard InChI is InChI=1S/C31H36N6O3/c1-2-40-29(39)12-7-17-37-31(32-33-34-37)26-15-13-25(14-16-26)30(27-10-6-11-28(38)22-27)36-20-18-35(19-21-36)23-24-8-4-3-5-9-24/h3-6,8-11,13-16,22,30,38H,2,7,12,17-21,23H2,1H3/t30-/m1/s1. The number of carbonyl (C=O) groups is 1. The molecule has 1 atom stereocenters. The molecule has 1 aliphatic heterocycles. The zero-order valence-electron chi connectivity index (χ0n) is 22.9. The summed E-state index contributed by atoms with van der Waals surface area (Å²) < 4.78 is 6.74. The maximum Gasteiger partial charge on any atom is 0.305 e. The van der Waals surface area contributed by atoms with E-state index in [4.69, 9.17) is 4.74 Å². The van der Waals surface area contributed by atoms with Crippen LogP contribution in [0.15, 0.2) is 78.9 Å². The number of hydrogen-bond donors (Lipinski definition) is 1. The second kappa shape index (κ2) is 13.3. The van der Waals surface area contributed by atoms with Crippen LogP contribution in [-0.2, 0) is 22.6 Å². The summed E-state index contributed by atoms with van der Waals surface area (Å²) in [5.41, 5.74) is 4.45. The Bertz CT molecular complexity index is 1370. The number of aromatic hydroxyl groups is 1. The summed E-state index contributed by atoms with van der Waals surface area (Å²) in [5, 5.41) is 22.5. The van der Waals surface area contributed by atoms with Gasteiger partial charge in [-0.3, -0.25) is 14.6 Å². The van der Waals surface area contributed by atoms with E-state index in [1.807, 2.05) is 24.3 Å². The lowest BCUT2D eigenvalue weighted by Gasteiger charge is -2.40. The van der Waals surface area contributed by atoms with Crippen LogP contribution < -0.4 is 0 Å². The van der Waals surface area contributed by atoms with Gasteiger partial charge in [0.2, 0.25) is 0 Å². The highest BCUT2D eigenvalue weighted by atomic mass is 16.5. The third kappa shape index (κ3) is 6.91. The molecule has 0 unspecified atom stereocenters. The van der Waals surface area contributed by atoms with Crippen molar-refractivity contribution in [2.45, 2.75) is 38.9 Å². The Morgan fingerprint density at radius 2 is 1.73 bits per heavy atom. The van der Waals surface area contributed by atoms with Gasteiger partial charge in [0, 0.05) is 51.3 Å². The molecule has 1 aromatic heterocycles. The van der Waals surface area contributed by atoms with E-state index in [9.17, 15) is 9.90 Å². The van der Waals surface area contributed by atoms with Crippen LogP contribution in [0, 0.1) is 0 Å². The van der Waals surface area contributed by atoms with Crippen molar-refractivity contribution in [3.63, 3.8) is 0 Å². The van der Waals surface area contributed by atoms with E-state index in [1.165, 1.54) is 5.56 Å². The van der Waals surface area contributed by atoms with Gasteiger partial charge in [-0.2, -0.15) is 0 Å². The smallest absolute Gasteiger partial charge is 0.305 e. The van der Waals surface area contributed by atoms with Gasteiger partial charge in [0.05, 0.1) is 12.6 Å².